The largest absolute Gasteiger partial charge is 0.467 e. The lowest BCUT2D eigenvalue weighted by Crippen LogP contribution is -2.58. The molecule has 0 saturated carbocycles. The summed E-state index contributed by atoms with van der Waals surface area (Å²) in [6, 6.07) is 8.03. The zero-order chi connectivity index (χ0) is 23.6. The van der Waals surface area contributed by atoms with Gasteiger partial charge in [-0.2, -0.15) is 0 Å². The van der Waals surface area contributed by atoms with Gasteiger partial charge >= 0.3 is 5.97 Å². The topological polar surface area (TPSA) is 122 Å². The van der Waals surface area contributed by atoms with E-state index in [1.54, 1.807) is 27.7 Å². The normalized spacial score (nSPS) is 14.1. The Morgan fingerprint density at radius 3 is 2.19 bits per heavy atom. The average Bonchev–Trinajstić information content (AvgIpc) is 2.73. The zero-order valence-electron chi connectivity index (χ0n) is 19.2. The first kappa shape index (κ1) is 26.6. The lowest BCUT2D eigenvalue weighted by Gasteiger charge is -2.31. The number of aliphatic hydroxyl groups excluding tert-OH is 1. The second kappa shape index (κ2) is 13.1. The van der Waals surface area contributed by atoms with Gasteiger partial charge < -0.3 is 15.2 Å². The van der Waals surface area contributed by atoms with Crippen LogP contribution in [0.2, 0.25) is 0 Å². The fourth-order valence-electron chi connectivity index (χ4n) is 3.31. The number of ether oxygens (including phenoxy) is 1. The van der Waals surface area contributed by atoms with Crippen molar-refractivity contribution in [2.75, 3.05) is 7.11 Å². The summed E-state index contributed by atoms with van der Waals surface area (Å²) in [5, 5.41) is 13.8. The molecule has 0 aliphatic rings. The van der Waals surface area contributed by atoms with E-state index < -0.39 is 36.0 Å². The highest BCUT2D eigenvalue weighted by Crippen LogP contribution is 2.14. The Bertz CT molecular complexity index is 708. The summed E-state index contributed by atoms with van der Waals surface area (Å²) in [6.45, 7) is 7.12. The Morgan fingerprint density at radius 2 is 1.68 bits per heavy atom. The summed E-state index contributed by atoms with van der Waals surface area (Å²) in [4.78, 5) is 37.4. The second-order valence-corrected chi connectivity index (χ2v) is 8.46. The Balaban J connectivity index is 2.65. The quantitative estimate of drug-likeness (QED) is 0.199. The smallest absolute Gasteiger partial charge is 0.328 e. The van der Waals surface area contributed by atoms with Crippen LogP contribution in [0.1, 0.15) is 52.5 Å². The zero-order valence-corrected chi connectivity index (χ0v) is 19.2. The van der Waals surface area contributed by atoms with Gasteiger partial charge in [-0.1, -0.05) is 58.0 Å². The molecule has 4 N–H and O–H groups in total. The van der Waals surface area contributed by atoms with Crippen molar-refractivity contribution in [3.05, 3.63) is 35.9 Å². The lowest BCUT2D eigenvalue weighted by atomic mass is 9.99. The van der Waals surface area contributed by atoms with Crippen molar-refractivity contribution >= 4 is 17.8 Å². The SMILES string of the molecule is COC(=O)C(NC(=O)C(C(C)C)N(N)C(=O)CCC(O)CCc1ccccc1)C(C)C. The number of methoxy groups -OCH3 is 1. The van der Waals surface area contributed by atoms with Crippen LogP contribution in [0.15, 0.2) is 30.3 Å². The van der Waals surface area contributed by atoms with Gasteiger partial charge in [0.25, 0.3) is 0 Å². The van der Waals surface area contributed by atoms with E-state index in [1.165, 1.54) is 7.11 Å². The number of benzene rings is 1. The predicted octanol–water partition coefficient (Wildman–Crippen LogP) is 1.80. The highest BCUT2D eigenvalue weighted by atomic mass is 16.5. The molecular weight excluding hydrogens is 398 g/mol. The van der Waals surface area contributed by atoms with Crippen molar-refractivity contribution in [2.24, 2.45) is 17.7 Å². The third-order valence-corrected chi connectivity index (χ3v) is 5.21. The molecule has 1 aromatic carbocycles. The van der Waals surface area contributed by atoms with Gasteiger partial charge in [-0.05, 0) is 36.7 Å². The third kappa shape index (κ3) is 8.67. The van der Waals surface area contributed by atoms with E-state index in [2.05, 4.69) is 5.32 Å². The molecule has 0 spiro atoms. The van der Waals surface area contributed by atoms with Crippen LogP contribution in [0.4, 0.5) is 0 Å². The summed E-state index contributed by atoms with van der Waals surface area (Å²) >= 11 is 0. The summed E-state index contributed by atoms with van der Waals surface area (Å²) < 4.78 is 4.75. The molecule has 3 unspecified atom stereocenters. The number of rotatable bonds is 12. The fraction of sp³-hybridized carbons (Fsp3) is 0.609. The highest BCUT2D eigenvalue weighted by Gasteiger charge is 2.34. The Kier molecular flexibility index (Phi) is 11.2. The maximum atomic E-state index is 12.8. The molecule has 0 saturated heterocycles. The number of carbonyl (C=O) groups is 3. The number of nitrogens with zero attached hydrogens (tertiary/aromatic N) is 1. The van der Waals surface area contributed by atoms with Gasteiger partial charge in [0.1, 0.15) is 12.1 Å². The summed E-state index contributed by atoms with van der Waals surface area (Å²) in [5.41, 5.74) is 1.12. The molecule has 174 valence electrons. The van der Waals surface area contributed by atoms with Gasteiger partial charge in [0, 0.05) is 6.42 Å². The number of esters is 1. The average molecular weight is 436 g/mol. The molecule has 1 rings (SSSR count). The van der Waals surface area contributed by atoms with Crippen molar-refractivity contribution in [1.82, 2.24) is 10.3 Å². The second-order valence-electron chi connectivity index (χ2n) is 8.46. The maximum absolute atomic E-state index is 12.8. The summed E-state index contributed by atoms with van der Waals surface area (Å²) in [7, 11) is 1.26. The number of hydrazine groups is 1. The standard InChI is InChI=1S/C23H37N3O5/c1-15(2)20(23(30)31-5)25-22(29)21(16(3)4)26(24)19(28)14-13-18(27)12-11-17-9-7-6-8-10-17/h6-10,15-16,18,20-21,27H,11-14,24H2,1-5H3,(H,25,29). The molecule has 3 atom stereocenters. The van der Waals surface area contributed by atoms with Crippen LogP contribution < -0.4 is 11.2 Å². The van der Waals surface area contributed by atoms with E-state index in [-0.39, 0.29) is 24.7 Å². The number of carbonyl (C=O) groups excluding carboxylic acids is 3. The number of hydrogen-bond donors (Lipinski definition) is 3. The minimum Gasteiger partial charge on any atom is -0.467 e. The van der Waals surface area contributed by atoms with E-state index in [0.29, 0.717) is 12.8 Å². The fourth-order valence-corrected chi connectivity index (χ4v) is 3.31. The number of aryl methyl sites for hydroxylation is 1. The maximum Gasteiger partial charge on any atom is 0.328 e. The molecule has 0 fully saturated rings. The molecule has 8 heteroatoms. The molecule has 0 aliphatic heterocycles. The van der Waals surface area contributed by atoms with Crippen molar-refractivity contribution < 1.29 is 24.2 Å². The van der Waals surface area contributed by atoms with Crippen molar-refractivity contribution in [1.29, 1.82) is 0 Å². The molecular formula is C23H37N3O5. The van der Waals surface area contributed by atoms with Crippen LogP contribution in [0.25, 0.3) is 0 Å². The van der Waals surface area contributed by atoms with Crippen molar-refractivity contribution in [3.63, 3.8) is 0 Å². The molecule has 0 radical (unpaired) electrons. The van der Waals surface area contributed by atoms with Crippen LogP contribution in [-0.2, 0) is 25.5 Å². The third-order valence-electron chi connectivity index (χ3n) is 5.21. The molecule has 1 aromatic rings. The molecule has 0 bridgehead atoms. The molecule has 0 aromatic heterocycles. The van der Waals surface area contributed by atoms with E-state index in [0.717, 1.165) is 10.6 Å². The van der Waals surface area contributed by atoms with Gasteiger partial charge in [-0.25, -0.2) is 10.6 Å². The summed E-state index contributed by atoms with van der Waals surface area (Å²) in [5.74, 6) is 4.03. The van der Waals surface area contributed by atoms with Gasteiger partial charge in [0.15, 0.2) is 0 Å². The van der Waals surface area contributed by atoms with E-state index in [1.807, 2.05) is 30.3 Å². The van der Waals surface area contributed by atoms with Crippen LogP contribution in [0.3, 0.4) is 0 Å². The summed E-state index contributed by atoms with van der Waals surface area (Å²) in [6.07, 6.45) is 0.874. The molecule has 31 heavy (non-hydrogen) atoms. The number of nitrogens with two attached hydrogens (primary N) is 1. The van der Waals surface area contributed by atoms with E-state index in [9.17, 15) is 19.5 Å². The monoisotopic (exact) mass is 435 g/mol. The number of hydrogen-bond acceptors (Lipinski definition) is 6. The van der Waals surface area contributed by atoms with Crippen LogP contribution >= 0.6 is 0 Å². The van der Waals surface area contributed by atoms with E-state index >= 15 is 0 Å². The number of amides is 2. The molecule has 8 nitrogen and oxygen atoms in total. The van der Waals surface area contributed by atoms with Gasteiger partial charge in [0.2, 0.25) is 11.8 Å². The lowest BCUT2D eigenvalue weighted by molar-refractivity contribution is -0.149. The van der Waals surface area contributed by atoms with E-state index in [4.69, 9.17) is 10.6 Å². The number of nitrogens with one attached hydrogen (secondary N) is 1. The first-order valence-electron chi connectivity index (χ1n) is 10.7. The van der Waals surface area contributed by atoms with Gasteiger partial charge in [-0.15, -0.1) is 0 Å². The van der Waals surface area contributed by atoms with Gasteiger partial charge in [0.05, 0.1) is 13.2 Å². The first-order valence-corrected chi connectivity index (χ1v) is 10.7. The number of aliphatic hydroxyl groups is 1. The Hall–Kier alpha value is -2.45. The van der Waals surface area contributed by atoms with Crippen LogP contribution in [-0.4, -0.2) is 53.2 Å². The minimum atomic E-state index is -0.945. The van der Waals surface area contributed by atoms with Crippen LogP contribution in [0, 0.1) is 11.8 Å². The molecule has 0 aliphatic carbocycles. The predicted molar refractivity (Wildman–Crippen MR) is 118 cm³/mol. The Morgan fingerprint density at radius 1 is 1.06 bits per heavy atom. The molecule has 0 heterocycles. The van der Waals surface area contributed by atoms with Crippen LogP contribution in [0.5, 0.6) is 0 Å². The van der Waals surface area contributed by atoms with Gasteiger partial charge in [-0.3, -0.25) is 14.6 Å². The van der Waals surface area contributed by atoms with Crippen molar-refractivity contribution in [3.8, 4) is 0 Å². The highest BCUT2D eigenvalue weighted by molar-refractivity contribution is 5.90. The minimum absolute atomic E-state index is 0.0214. The molecule has 2 amide bonds. The Labute approximate surface area is 185 Å². The first-order chi connectivity index (χ1) is 14.6. The van der Waals surface area contributed by atoms with Crippen molar-refractivity contribution in [2.45, 2.75) is 71.6 Å².